The summed E-state index contributed by atoms with van der Waals surface area (Å²) in [6.45, 7) is 3.45. The van der Waals surface area contributed by atoms with Crippen LogP contribution in [0.5, 0.6) is 0 Å². The van der Waals surface area contributed by atoms with E-state index in [9.17, 15) is 4.79 Å². The lowest BCUT2D eigenvalue weighted by Gasteiger charge is -2.31. The number of carbonyl (C=O) groups is 1. The van der Waals surface area contributed by atoms with Crippen molar-refractivity contribution in [2.75, 3.05) is 13.1 Å². The molecule has 2 aromatic heterocycles. The number of benzene rings is 1. The Morgan fingerprint density at radius 2 is 1.77 bits per heavy atom. The van der Waals surface area contributed by atoms with Crippen LogP contribution in [0.25, 0.3) is 10.9 Å². The minimum Gasteiger partial charge on any atom is -0.297 e. The summed E-state index contributed by atoms with van der Waals surface area (Å²) in [6, 6.07) is 9.87. The molecule has 0 spiro atoms. The highest BCUT2D eigenvalue weighted by molar-refractivity contribution is 7.11. The van der Waals surface area contributed by atoms with Crippen LogP contribution in [0.15, 0.2) is 36.5 Å². The third-order valence-corrected chi connectivity index (χ3v) is 9.77. The highest BCUT2D eigenvalue weighted by Gasteiger charge is 2.27. The number of hydrogen-bond acceptors (Lipinski definition) is 5. The van der Waals surface area contributed by atoms with Crippen LogP contribution in [0, 0.1) is 17.8 Å². The van der Waals surface area contributed by atoms with Crippen molar-refractivity contribution in [1.82, 2.24) is 14.9 Å². The van der Waals surface area contributed by atoms with E-state index in [1.807, 2.05) is 41.7 Å². The summed E-state index contributed by atoms with van der Waals surface area (Å²) < 4.78 is 0. The Bertz CT molecular complexity index is 1170. The minimum absolute atomic E-state index is 0.288. The highest BCUT2D eigenvalue weighted by atomic mass is 32.1. The number of aromatic nitrogens is 2. The van der Waals surface area contributed by atoms with E-state index in [4.69, 9.17) is 4.98 Å². The second kappa shape index (κ2) is 10.5. The topological polar surface area (TPSA) is 46.1 Å². The Labute approximate surface area is 213 Å². The fraction of sp³-hybridized carbons (Fsp3) is 0.567. The van der Waals surface area contributed by atoms with Crippen LogP contribution in [0.4, 0.5) is 0 Å². The largest absolute Gasteiger partial charge is 0.297 e. The maximum Gasteiger partial charge on any atom is 0.163 e. The number of rotatable bonds is 9. The molecule has 5 heteroatoms. The lowest BCUT2D eigenvalue weighted by Crippen LogP contribution is -2.32. The zero-order valence-electron chi connectivity index (χ0n) is 20.8. The molecule has 0 amide bonds. The van der Waals surface area contributed by atoms with E-state index < -0.39 is 0 Å². The van der Waals surface area contributed by atoms with E-state index in [1.54, 1.807) is 11.1 Å². The number of nitrogens with zero attached hydrogens (tertiary/aromatic N) is 3. The molecule has 0 unspecified atom stereocenters. The molecule has 0 radical (unpaired) electrons. The van der Waals surface area contributed by atoms with Crippen LogP contribution in [0.2, 0.25) is 0 Å². The summed E-state index contributed by atoms with van der Waals surface area (Å²) >= 11 is 1.99. The Morgan fingerprint density at radius 1 is 0.971 bits per heavy atom. The molecule has 0 atom stereocenters. The van der Waals surface area contributed by atoms with Gasteiger partial charge in [-0.05, 0) is 75.0 Å². The normalized spacial score (nSPS) is 22.9. The molecular weight excluding hydrogens is 450 g/mol. The average molecular weight is 488 g/mol. The number of Topliss-reactive ketones (excluding diaryl/α,β-unsaturated/α-hetero) is 1. The van der Waals surface area contributed by atoms with E-state index in [-0.39, 0.29) is 5.78 Å². The van der Waals surface area contributed by atoms with Gasteiger partial charge in [0, 0.05) is 41.5 Å². The molecule has 2 saturated carbocycles. The van der Waals surface area contributed by atoms with Crippen molar-refractivity contribution in [3.8, 4) is 0 Å². The van der Waals surface area contributed by atoms with Crippen molar-refractivity contribution < 1.29 is 4.79 Å². The molecule has 3 aliphatic rings. The number of ketones is 1. The lowest BCUT2D eigenvalue weighted by molar-refractivity contribution is 0.0941. The predicted molar refractivity (Wildman–Crippen MR) is 143 cm³/mol. The SMILES string of the molecule is O=C(CC1CCC(CCN2CCc3sc(CCC4CC4)nc3C2)CC1)c1cccc2ncccc12. The van der Waals surface area contributed by atoms with Gasteiger partial charge in [-0.2, -0.15) is 0 Å². The van der Waals surface area contributed by atoms with E-state index in [0.29, 0.717) is 12.3 Å². The summed E-state index contributed by atoms with van der Waals surface area (Å²) in [5.74, 6) is 2.63. The number of pyridine rings is 1. The first-order valence-electron chi connectivity index (χ1n) is 13.8. The van der Waals surface area contributed by atoms with Crippen LogP contribution in [-0.4, -0.2) is 33.7 Å². The van der Waals surface area contributed by atoms with Gasteiger partial charge in [0.15, 0.2) is 5.78 Å². The fourth-order valence-electron chi connectivity index (χ4n) is 6.15. The molecule has 2 fully saturated rings. The van der Waals surface area contributed by atoms with Crippen LogP contribution in [0.3, 0.4) is 0 Å². The van der Waals surface area contributed by atoms with Gasteiger partial charge in [0.1, 0.15) is 0 Å². The molecule has 0 saturated heterocycles. The number of hydrogen-bond donors (Lipinski definition) is 0. The third-order valence-electron chi connectivity index (χ3n) is 8.55. The second-order valence-corrected chi connectivity index (χ2v) is 12.3. The first kappa shape index (κ1) is 23.3. The molecular formula is C30H37N3OS. The van der Waals surface area contributed by atoms with E-state index in [0.717, 1.165) is 34.8 Å². The molecule has 0 bridgehead atoms. The predicted octanol–water partition coefficient (Wildman–Crippen LogP) is 6.86. The van der Waals surface area contributed by atoms with Gasteiger partial charge in [-0.1, -0.05) is 43.9 Å². The van der Waals surface area contributed by atoms with Crippen LogP contribution >= 0.6 is 11.3 Å². The molecule has 35 heavy (non-hydrogen) atoms. The number of aryl methyl sites for hydroxylation is 1. The second-order valence-electron chi connectivity index (χ2n) is 11.2. The van der Waals surface area contributed by atoms with Gasteiger partial charge >= 0.3 is 0 Å². The third kappa shape index (κ3) is 5.67. The molecule has 4 nitrogen and oxygen atoms in total. The average Bonchev–Trinajstić information content (AvgIpc) is 3.64. The molecule has 6 rings (SSSR count). The van der Waals surface area contributed by atoms with Crippen molar-refractivity contribution in [1.29, 1.82) is 0 Å². The Kier molecular flexibility index (Phi) is 6.97. The van der Waals surface area contributed by atoms with Crippen LogP contribution in [-0.2, 0) is 19.4 Å². The maximum absolute atomic E-state index is 13.1. The van der Waals surface area contributed by atoms with Gasteiger partial charge in [0.25, 0.3) is 0 Å². The zero-order chi connectivity index (χ0) is 23.6. The van der Waals surface area contributed by atoms with Gasteiger partial charge in [0.05, 0.1) is 16.2 Å². The Morgan fingerprint density at radius 3 is 2.63 bits per heavy atom. The maximum atomic E-state index is 13.1. The summed E-state index contributed by atoms with van der Waals surface area (Å²) in [4.78, 5) is 26.7. The molecule has 3 heterocycles. The summed E-state index contributed by atoms with van der Waals surface area (Å²) in [5.41, 5.74) is 3.14. The van der Waals surface area contributed by atoms with Gasteiger partial charge in [-0.3, -0.25) is 14.7 Å². The Balaban J connectivity index is 0.950. The van der Waals surface area contributed by atoms with Crippen molar-refractivity contribution >= 4 is 28.0 Å². The molecule has 3 aromatic rings. The summed E-state index contributed by atoms with van der Waals surface area (Å²) in [7, 11) is 0. The van der Waals surface area contributed by atoms with Gasteiger partial charge in [-0.15, -0.1) is 11.3 Å². The van der Waals surface area contributed by atoms with Crippen LogP contribution < -0.4 is 0 Å². The highest BCUT2D eigenvalue weighted by Crippen LogP contribution is 2.36. The van der Waals surface area contributed by atoms with Gasteiger partial charge < -0.3 is 0 Å². The van der Waals surface area contributed by atoms with Crippen molar-refractivity contribution in [2.24, 2.45) is 17.8 Å². The molecule has 1 aromatic carbocycles. The van der Waals surface area contributed by atoms with Crippen molar-refractivity contribution in [3.05, 3.63) is 57.7 Å². The van der Waals surface area contributed by atoms with Crippen LogP contribution in [0.1, 0.15) is 83.7 Å². The van der Waals surface area contributed by atoms with Crippen molar-refractivity contribution in [3.63, 3.8) is 0 Å². The molecule has 1 aliphatic heterocycles. The molecule has 184 valence electrons. The monoisotopic (exact) mass is 487 g/mol. The standard InChI is InChI=1S/C30H37N3OS/c34-28(25-3-1-5-26-24(25)4-2-16-31-26)19-23-10-8-22(9-11-23)14-17-33-18-15-29-27(20-33)32-30(35-29)13-12-21-6-7-21/h1-5,16,21-23H,6-15,17-20H2. The van der Waals surface area contributed by atoms with Gasteiger partial charge in [-0.25, -0.2) is 4.98 Å². The minimum atomic E-state index is 0.288. The van der Waals surface area contributed by atoms with Gasteiger partial charge in [0.2, 0.25) is 0 Å². The number of thiazole rings is 1. The fourth-order valence-corrected chi connectivity index (χ4v) is 7.23. The first-order chi connectivity index (χ1) is 17.2. The molecule has 0 N–H and O–H groups in total. The quantitative estimate of drug-likeness (QED) is 0.309. The first-order valence-corrected chi connectivity index (χ1v) is 14.6. The smallest absolute Gasteiger partial charge is 0.163 e. The number of fused-ring (bicyclic) bond motifs is 2. The summed E-state index contributed by atoms with van der Waals surface area (Å²) in [6.07, 6.45) is 15.3. The van der Waals surface area contributed by atoms with Crippen molar-refractivity contribution in [2.45, 2.75) is 77.2 Å². The molecule has 2 aliphatic carbocycles. The lowest BCUT2D eigenvalue weighted by atomic mass is 9.78. The van der Waals surface area contributed by atoms with E-state index >= 15 is 0 Å². The zero-order valence-corrected chi connectivity index (χ0v) is 21.6. The summed E-state index contributed by atoms with van der Waals surface area (Å²) in [5, 5.41) is 2.38. The van der Waals surface area contributed by atoms with E-state index in [1.165, 1.54) is 88.0 Å². The van der Waals surface area contributed by atoms with E-state index in [2.05, 4.69) is 9.88 Å². The Hall–Kier alpha value is -2.11. The number of carbonyl (C=O) groups excluding carboxylic acids is 1.